The molecule has 0 aromatic carbocycles. The van der Waals surface area contributed by atoms with Crippen molar-refractivity contribution >= 4 is 16.0 Å². The van der Waals surface area contributed by atoms with Crippen LogP contribution < -0.4 is 4.72 Å². The summed E-state index contributed by atoms with van der Waals surface area (Å²) in [5, 5.41) is 14.4. The second kappa shape index (κ2) is 6.57. The van der Waals surface area contributed by atoms with Gasteiger partial charge in [-0.05, 0) is 25.2 Å². The number of carboxylic acids is 1. The monoisotopic (exact) mass is 315 g/mol. The summed E-state index contributed by atoms with van der Waals surface area (Å²) in [4.78, 5) is 11.0. The first-order valence-electron chi connectivity index (χ1n) is 7.24. The summed E-state index contributed by atoms with van der Waals surface area (Å²) in [5.41, 5.74) is -0.332. The molecule has 0 bridgehead atoms. The maximum atomic E-state index is 12.4. The lowest BCUT2D eigenvalue weighted by Crippen LogP contribution is -2.41. The van der Waals surface area contributed by atoms with E-state index in [-0.39, 0.29) is 16.6 Å². The molecule has 3 N–H and O–H groups in total. The lowest BCUT2D eigenvalue weighted by Gasteiger charge is -2.29. The van der Waals surface area contributed by atoms with Gasteiger partial charge in [0.25, 0.3) is 10.0 Å². The van der Waals surface area contributed by atoms with Crippen molar-refractivity contribution in [2.45, 2.75) is 56.5 Å². The van der Waals surface area contributed by atoms with Crippen molar-refractivity contribution in [1.82, 2.24) is 14.9 Å². The van der Waals surface area contributed by atoms with Gasteiger partial charge < -0.3 is 5.11 Å². The third-order valence-electron chi connectivity index (χ3n) is 4.07. The van der Waals surface area contributed by atoms with Gasteiger partial charge in [-0.2, -0.15) is 5.10 Å². The number of H-pyrrole nitrogens is 1. The van der Waals surface area contributed by atoms with Crippen molar-refractivity contribution in [3.63, 3.8) is 0 Å². The Kier molecular flexibility index (Phi) is 5.00. The van der Waals surface area contributed by atoms with E-state index in [1.54, 1.807) is 0 Å². The number of aromatic amines is 1. The van der Waals surface area contributed by atoms with Crippen molar-refractivity contribution in [3.05, 3.63) is 11.8 Å². The minimum absolute atomic E-state index is 0.166. The molecule has 118 valence electrons. The van der Waals surface area contributed by atoms with Crippen LogP contribution in [0.1, 0.15) is 55.8 Å². The van der Waals surface area contributed by atoms with Crippen LogP contribution in [-0.4, -0.2) is 35.7 Å². The first kappa shape index (κ1) is 16.0. The van der Waals surface area contributed by atoms with Crippen LogP contribution in [0.3, 0.4) is 0 Å². The van der Waals surface area contributed by atoms with Crippen molar-refractivity contribution in [1.29, 1.82) is 0 Å². The number of nitrogens with one attached hydrogen (secondary N) is 2. The van der Waals surface area contributed by atoms with Gasteiger partial charge in [-0.3, -0.25) is 5.10 Å². The molecule has 1 saturated carbocycles. The van der Waals surface area contributed by atoms with E-state index in [1.807, 2.05) is 6.92 Å². The normalized spacial score (nSPS) is 18.5. The number of hydrogen-bond acceptors (Lipinski definition) is 4. The van der Waals surface area contributed by atoms with E-state index in [0.717, 1.165) is 31.9 Å². The van der Waals surface area contributed by atoms with Gasteiger partial charge in [-0.1, -0.05) is 26.2 Å². The summed E-state index contributed by atoms with van der Waals surface area (Å²) in [5.74, 6) is -0.996. The van der Waals surface area contributed by atoms with Gasteiger partial charge in [0.2, 0.25) is 0 Å². The molecule has 0 spiro atoms. The fourth-order valence-corrected chi connectivity index (χ4v) is 4.42. The van der Waals surface area contributed by atoms with Crippen LogP contribution in [0.15, 0.2) is 11.2 Å². The highest BCUT2D eigenvalue weighted by molar-refractivity contribution is 7.89. The molecule has 1 fully saturated rings. The van der Waals surface area contributed by atoms with Crippen LogP contribution in [0.5, 0.6) is 0 Å². The molecule has 0 saturated heterocycles. The Morgan fingerprint density at radius 2 is 2.14 bits per heavy atom. The van der Waals surface area contributed by atoms with E-state index < -0.39 is 16.0 Å². The van der Waals surface area contributed by atoms with E-state index in [2.05, 4.69) is 14.9 Å². The Bertz CT molecular complexity index is 590. The van der Waals surface area contributed by atoms with Crippen molar-refractivity contribution in [2.75, 3.05) is 0 Å². The molecule has 1 unspecified atom stereocenters. The standard InChI is InChI=1S/C13H21N3O4S/c1-2-11(9-6-4-3-5-7-9)16-21(19,20)12-10(13(17)18)8-14-15-12/h8-9,11,16H,2-7H2,1H3,(H,14,15)(H,17,18). The number of aromatic carboxylic acids is 1. The van der Waals surface area contributed by atoms with Crippen molar-refractivity contribution in [2.24, 2.45) is 5.92 Å². The lowest BCUT2D eigenvalue weighted by molar-refractivity contribution is 0.0692. The molecule has 0 radical (unpaired) electrons. The first-order chi connectivity index (χ1) is 9.95. The number of nitrogens with zero attached hydrogens (tertiary/aromatic N) is 1. The Balaban J connectivity index is 2.18. The Hall–Kier alpha value is -1.41. The zero-order valence-corrected chi connectivity index (χ0v) is 12.8. The average molecular weight is 315 g/mol. The first-order valence-corrected chi connectivity index (χ1v) is 8.73. The van der Waals surface area contributed by atoms with Gasteiger partial charge in [-0.15, -0.1) is 0 Å². The minimum Gasteiger partial charge on any atom is -0.478 e. The van der Waals surface area contributed by atoms with Crippen LogP contribution in [0.2, 0.25) is 0 Å². The summed E-state index contributed by atoms with van der Waals surface area (Å²) in [6, 6.07) is -0.166. The maximum Gasteiger partial charge on any atom is 0.340 e. The zero-order valence-electron chi connectivity index (χ0n) is 12.0. The van der Waals surface area contributed by atoms with E-state index in [1.165, 1.54) is 6.42 Å². The number of aromatic nitrogens is 2. The molecule has 8 heteroatoms. The summed E-state index contributed by atoms with van der Waals surface area (Å²) in [6.45, 7) is 1.94. The number of carbonyl (C=O) groups is 1. The highest BCUT2D eigenvalue weighted by atomic mass is 32.2. The molecule has 7 nitrogen and oxygen atoms in total. The van der Waals surface area contributed by atoms with E-state index in [9.17, 15) is 13.2 Å². The summed E-state index contributed by atoms with van der Waals surface area (Å²) in [6.07, 6.45) is 7.15. The van der Waals surface area contributed by atoms with Crippen LogP contribution in [0, 0.1) is 5.92 Å². The highest BCUT2D eigenvalue weighted by Gasteiger charge is 2.30. The Morgan fingerprint density at radius 3 is 2.71 bits per heavy atom. The van der Waals surface area contributed by atoms with Gasteiger partial charge in [0.05, 0.1) is 6.20 Å². The molecule has 21 heavy (non-hydrogen) atoms. The lowest BCUT2D eigenvalue weighted by atomic mass is 9.83. The largest absolute Gasteiger partial charge is 0.478 e. The average Bonchev–Trinajstić information content (AvgIpc) is 2.96. The molecule has 2 rings (SSSR count). The molecular formula is C13H21N3O4S. The molecular weight excluding hydrogens is 294 g/mol. The van der Waals surface area contributed by atoms with Gasteiger partial charge in [0, 0.05) is 6.04 Å². The van der Waals surface area contributed by atoms with E-state index >= 15 is 0 Å². The topological polar surface area (TPSA) is 112 Å². The molecule has 1 heterocycles. The zero-order chi connectivity index (χ0) is 15.5. The molecule has 1 aliphatic rings. The van der Waals surface area contributed by atoms with Gasteiger partial charge in [0.1, 0.15) is 5.56 Å². The fourth-order valence-electron chi connectivity index (χ4n) is 2.94. The predicted octanol–water partition coefficient (Wildman–Crippen LogP) is 1.75. The molecule has 0 aliphatic heterocycles. The van der Waals surface area contributed by atoms with E-state index in [4.69, 9.17) is 5.11 Å². The summed E-state index contributed by atoms with van der Waals surface area (Å²) < 4.78 is 27.4. The number of hydrogen-bond donors (Lipinski definition) is 3. The van der Waals surface area contributed by atoms with Crippen LogP contribution in [0.4, 0.5) is 0 Å². The van der Waals surface area contributed by atoms with Gasteiger partial charge in [0.15, 0.2) is 5.03 Å². The van der Waals surface area contributed by atoms with E-state index in [0.29, 0.717) is 12.3 Å². The third-order valence-corrected chi connectivity index (χ3v) is 5.53. The third kappa shape index (κ3) is 3.62. The van der Waals surface area contributed by atoms with Crippen molar-refractivity contribution in [3.8, 4) is 0 Å². The number of sulfonamides is 1. The summed E-state index contributed by atoms with van der Waals surface area (Å²) in [7, 11) is -3.90. The Morgan fingerprint density at radius 1 is 1.48 bits per heavy atom. The second-order valence-corrected chi connectivity index (χ2v) is 7.10. The second-order valence-electron chi connectivity index (χ2n) is 5.45. The summed E-state index contributed by atoms with van der Waals surface area (Å²) >= 11 is 0. The highest BCUT2D eigenvalue weighted by Crippen LogP contribution is 2.28. The van der Waals surface area contributed by atoms with Crippen LogP contribution >= 0.6 is 0 Å². The van der Waals surface area contributed by atoms with Crippen LogP contribution in [-0.2, 0) is 10.0 Å². The van der Waals surface area contributed by atoms with Crippen molar-refractivity contribution < 1.29 is 18.3 Å². The van der Waals surface area contributed by atoms with Gasteiger partial charge >= 0.3 is 5.97 Å². The van der Waals surface area contributed by atoms with Crippen LogP contribution in [0.25, 0.3) is 0 Å². The molecule has 1 aromatic rings. The molecule has 1 aliphatic carbocycles. The SMILES string of the molecule is CCC(NS(=O)(=O)c1[nH]ncc1C(=O)O)C1CCCCC1. The predicted molar refractivity (Wildman–Crippen MR) is 76.5 cm³/mol. The molecule has 1 atom stereocenters. The smallest absolute Gasteiger partial charge is 0.340 e. The molecule has 1 aromatic heterocycles. The number of carboxylic acid groups (broad SMARTS) is 1. The number of rotatable bonds is 6. The maximum absolute atomic E-state index is 12.4. The Labute approximate surface area is 124 Å². The quantitative estimate of drug-likeness (QED) is 0.740. The van der Waals surface area contributed by atoms with Gasteiger partial charge in [-0.25, -0.2) is 17.9 Å². The fraction of sp³-hybridized carbons (Fsp3) is 0.692. The molecule has 0 amide bonds. The minimum atomic E-state index is -3.90.